The van der Waals surface area contributed by atoms with Crippen molar-refractivity contribution < 1.29 is 14.3 Å². The molecule has 0 radical (unpaired) electrons. The minimum absolute atomic E-state index is 0.132. The minimum atomic E-state index is -0.353. The summed E-state index contributed by atoms with van der Waals surface area (Å²) in [5.41, 5.74) is 1.29. The first-order valence-corrected chi connectivity index (χ1v) is 11.4. The number of carbonyl (C=O) groups is 2. The van der Waals surface area contributed by atoms with Crippen molar-refractivity contribution in [2.75, 3.05) is 12.9 Å². The Morgan fingerprint density at radius 2 is 1.88 bits per heavy atom. The van der Waals surface area contributed by atoms with Gasteiger partial charge in [0.05, 0.1) is 30.3 Å². The molecule has 1 heterocycles. The van der Waals surface area contributed by atoms with Gasteiger partial charge in [-0.25, -0.2) is 0 Å². The van der Waals surface area contributed by atoms with E-state index >= 15 is 0 Å². The summed E-state index contributed by atoms with van der Waals surface area (Å²) >= 11 is 13.2. The summed E-state index contributed by atoms with van der Waals surface area (Å²) in [5.74, 6) is 1.21. The molecule has 0 fully saturated rings. The summed E-state index contributed by atoms with van der Waals surface area (Å²) in [6, 6.07) is 11.8. The number of halogens is 2. The smallest absolute Gasteiger partial charge is 0.224 e. The van der Waals surface area contributed by atoms with Gasteiger partial charge in [0, 0.05) is 17.6 Å². The molecular weight excluding hydrogens is 471 g/mol. The molecule has 0 spiro atoms. The third kappa shape index (κ3) is 6.03. The van der Waals surface area contributed by atoms with Gasteiger partial charge in [-0.2, -0.15) is 0 Å². The van der Waals surface area contributed by atoms with E-state index < -0.39 is 0 Å². The van der Waals surface area contributed by atoms with Gasteiger partial charge in [-0.15, -0.1) is 10.2 Å². The number of carbonyl (C=O) groups excluding carboxylic acids is 2. The molecular formula is C22H22Cl2N4O3S. The van der Waals surface area contributed by atoms with E-state index in [1.807, 2.05) is 31.2 Å². The number of ether oxygens (including phenoxy) is 1. The normalized spacial score (nSPS) is 11.8. The Balaban J connectivity index is 1.58. The molecule has 10 heteroatoms. The van der Waals surface area contributed by atoms with Crippen molar-refractivity contribution in [3.8, 4) is 5.75 Å². The van der Waals surface area contributed by atoms with E-state index in [4.69, 9.17) is 27.9 Å². The Hall–Kier alpha value is -2.55. The standard InChI is InChI=1S/C22H22Cl2N4O3S/c1-13(25-20(30)10-14-4-7-16(31-3)8-5-14)21-26-27-22(28(21)2)32-12-19(29)17-9-6-15(23)11-18(17)24/h4-9,11,13H,10,12H2,1-3H3,(H,25,30). The summed E-state index contributed by atoms with van der Waals surface area (Å²) in [6.07, 6.45) is 0.240. The predicted octanol–water partition coefficient (Wildman–Crippen LogP) is 4.53. The Labute approximate surface area is 200 Å². The average molecular weight is 493 g/mol. The molecule has 0 aliphatic carbocycles. The van der Waals surface area contributed by atoms with E-state index in [-0.39, 0.29) is 29.9 Å². The summed E-state index contributed by atoms with van der Waals surface area (Å²) < 4.78 is 6.89. The number of nitrogens with zero attached hydrogens (tertiary/aromatic N) is 3. The Bertz CT molecular complexity index is 1120. The zero-order chi connectivity index (χ0) is 23.3. The van der Waals surface area contributed by atoms with E-state index in [9.17, 15) is 9.59 Å². The third-order valence-electron chi connectivity index (χ3n) is 4.72. The number of amides is 1. The van der Waals surface area contributed by atoms with E-state index in [1.165, 1.54) is 17.8 Å². The molecule has 1 amide bonds. The van der Waals surface area contributed by atoms with Gasteiger partial charge in [0.2, 0.25) is 5.91 Å². The second-order valence-corrected chi connectivity index (χ2v) is 8.84. The van der Waals surface area contributed by atoms with Crippen LogP contribution in [0.4, 0.5) is 0 Å². The highest BCUT2D eigenvalue weighted by atomic mass is 35.5. The number of hydrogen-bond donors (Lipinski definition) is 1. The Morgan fingerprint density at radius 1 is 1.16 bits per heavy atom. The molecule has 1 aromatic heterocycles. The van der Waals surface area contributed by atoms with Gasteiger partial charge in [-0.3, -0.25) is 9.59 Å². The zero-order valence-electron chi connectivity index (χ0n) is 17.8. The van der Waals surface area contributed by atoms with E-state index in [0.717, 1.165) is 11.3 Å². The molecule has 1 N–H and O–H groups in total. The van der Waals surface area contributed by atoms with E-state index in [2.05, 4.69) is 15.5 Å². The first-order chi connectivity index (χ1) is 15.3. The van der Waals surface area contributed by atoms with Crippen LogP contribution in [0.2, 0.25) is 10.0 Å². The number of ketones is 1. The number of rotatable bonds is 9. The van der Waals surface area contributed by atoms with Crippen molar-refractivity contribution in [3.63, 3.8) is 0 Å². The lowest BCUT2D eigenvalue weighted by molar-refractivity contribution is -0.121. The first kappa shape index (κ1) is 24.1. The van der Waals surface area contributed by atoms with Crippen LogP contribution in [-0.4, -0.2) is 39.3 Å². The number of hydrogen-bond acceptors (Lipinski definition) is 6. The lowest BCUT2D eigenvalue weighted by Gasteiger charge is -2.14. The van der Waals surface area contributed by atoms with Crippen molar-refractivity contribution in [1.82, 2.24) is 20.1 Å². The summed E-state index contributed by atoms with van der Waals surface area (Å²) in [6.45, 7) is 1.84. The van der Waals surface area contributed by atoms with Crippen molar-refractivity contribution in [2.45, 2.75) is 24.5 Å². The van der Waals surface area contributed by atoms with Gasteiger partial charge in [0.1, 0.15) is 5.75 Å². The maximum Gasteiger partial charge on any atom is 0.224 e. The predicted molar refractivity (Wildman–Crippen MR) is 126 cm³/mol. The van der Waals surface area contributed by atoms with Crippen LogP contribution in [0.15, 0.2) is 47.6 Å². The van der Waals surface area contributed by atoms with Crippen LogP contribution in [0.3, 0.4) is 0 Å². The van der Waals surface area contributed by atoms with Gasteiger partial charge in [-0.05, 0) is 42.8 Å². The molecule has 3 rings (SSSR count). The molecule has 1 atom stereocenters. The fourth-order valence-corrected chi connectivity index (χ4v) is 4.35. The summed E-state index contributed by atoms with van der Waals surface area (Å²) in [7, 11) is 3.39. The minimum Gasteiger partial charge on any atom is -0.497 e. The molecule has 0 saturated heterocycles. The highest BCUT2D eigenvalue weighted by molar-refractivity contribution is 7.99. The molecule has 0 bridgehead atoms. The fraction of sp³-hybridized carbons (Fsp3) is 0.273. The van der Waals surface area contributed by atoms with Crippen LogP contribution in [-0.2, 0) is 18.3 Å². The van der Waals surface area contributed by atoms with Gasteiger partial charge in [-0.1, -0.05) is 47.1 Å². The van der Waals surface area contributed by atoms with Crippen LogP contribution < -0.4 is 10.1 Å². The lowest BCUT2D eigenvalue weighted by Crippen LogP contribution is -2.29. The summed E-state index contributed by atoms with van der Waals surface area (Å²) in [4.78, 5) is 24.9. The highest BCUT2D eigenvalue weighted by Crippen LogP contribution is 2.25. The second kappa shape index (κ2) is 10.8. The summed E-state index contributed by atoms with van der Waals surface area (Å²) in [5, 5.41) is 12.6. The largest absolute Gasteiger partial charge is 0.497 e. The molecule has 168 valence electrons. The zero-order valence-corrected chi connectivity index (χ0v) is 20.1. The maximum absolute atomic E-state index is 12.5. The van der Waals surface area contributed by atoms with E-state index in [0.29, 0.717) is 26.6 Å². The maximum atomic E-state index is 12.5. The quantitative estimate of drug-likeness (QED) is 0.348. The second-order valence-electron chi connectivity index (χ2n) is 7.05. The van der Waals surface area contributed by atoms with E-state index in [1.54, 1.807) is 30.9 Å². The van der Waals surface area contributed by atoms with Crippen LogP contribution in [0.5, 0.6) is 5.75 Å². The monoisotopic (exact) mass is 492 g/mol. The number of methoxy groups -OCH3 is 1. The first-order valence-electron chi connectivity index (χ1n) is 9.71. The molecule has 32 heavy (non-hydrogen) atoms. The molecule has 1 unspecified atom stereocenters. The Kier molecular flexibility index (Phi) is 8.17. The molecule has 0 aliphatic heterocycles. The topological polar surface area (TPSA) is 86.1 Å². The molecule has 0 saturated carbocycles. The SMILES string of the molecule is COc1ccc(CC(=O)NC(C)c2nnc(SCC(=O)c3ccc(Cl)cc3Cl)n2C)cc1. The van der Waals surface area contributed by atoms with Crippen LogP contribution in [0.25, 0.3) is 0 Å². The number of nitrogens with one attached hydrogen (secondary N) is 1. The number of thioether (sulfide) groups is 1. The van der Waals surface area contributed by atoms with Crippen LogP contribution in [0.1, 0.15) is 34.7 Å². The number of aromatic nitrogens is 3. The van der Waals surface area contributed by atoms with Crippen LogP contribution >= 0.6 is 35.0 Å². The van der Waals surface area contributed by atoms with Crippen molar-refractivity contribution in [3.05, 3.63) is 69.5 Å². The Morgan fingerprint density at radius 3 is 2.53 bits per heavy atom. The van der Waals surface area contributed by atoms with Crippen molar-refractivity contribution >= 4 is 46.7 Å². The van der Waals surface area contributed by atoms with Crippen molar-refractivity contribution in [2.24, 2.45) is 7.05 Å². The number of benzene rings is 2. The highest BCUT2D eigenvalue weighted by Gasteiger charge is 2.19. The van der Waals surface area contributed by atoms with Gasteiger partial charge >= 0.3 is 0 Å². The third-order valence-corrected chi connectivity index (χ3v) is 6.29. The average Bonchev–Trinajstić information content (AvgIpc) is 3.13. The van der Waals surface area contributed by atoms with Gasteiger partial charge in [0.15, 0.2) is 16.8 Å². The molecule has 3 aromatic rings. The molecule has 0 aliphatic rings. The molecule has 7 nitrogen and oxygen atoms in total. The number of Topliss-reactive ketones (excluding diaryl/α,β-unsaturated/α-hetero) is 1. The van der Waals surface area contributed by atoms with Crippen LogP contribution in [0, 0.1) is 0 Å². The van der Waals surface area contributed by atoms with Crippen molar-refractivity contribution in [1.29, 1.82) is 0 Å². The molecule has 2 aromatic carbocycles. The lowest BCUT2D eigenvalue weighted by atomic mass is 10.1. The van der Waals surface area contributed by atoms with Gasteiger partial charge in [0.25, 0.3) is 0 Å². The van der Waals surface area contributed by atoms with Gasteiger partial charge < -0.3 is 14.6 Å². The fourth-order valence-electron chi connectivity index (χ4n) is 3.04.